The third-order valence-corrected chi connectivity index (χ3v) is 3.19. The van der Waals surface area contributed by atoms with E-state index in [0.29, 0.717) is 5.92 Å². The first-order chi connectivity index (χ1) is 6.79. The Hall–Kier alpha value is -0.610. The first-order valence-electron chi connectivity index (χ1n) is 4.91. The second-order valence-corrected chi connectivity index (χ2v) is 4.15. The van der Waals surface area contributed by atoms with E-state index >= 15 is 0 Å². The molecule has 0 radical (unpaired) electrons. The van der Waals surface area contributed by atoms with Gasteiger partial charge in [-0.2, -0.15) is 5.10 Å². The lowest BCUT2D eigenvalue weighted by Gasteiger charge is -2.14. The van der Waals surface area contributed by atoms with Gasteiger partial charge in [0.1, 0.15) is 12.2 Å². The van der Waals surface area contributed by atoms with Gasteiger partial charge in [0.15, 0.2) is 0 Å². The molecule has 2 rings (SSSR count). The summed E-state index contributed by atoms with van der Waals surface area (Å²) >= 11 is 5.83. The summed E-state index contributed by atoms with van der Waals surface area (Å²) in [5, 5.41) is 4.05. The van der Waals surface area contributed by atoms with Gasteiger partial charge < -0.3 is 0 Å². The van der Waals surface area contributed by atoms with Crippen LogP contribution in [0.3, 0.4) is 0 Å². The van der Waals surface area contributed by atoms with Crippen molar-refractivity contribution in [2.75, 3.05) is 19.0 Å². The molecule has 78 valence electrons. The normalized spacial score (nSPS) is 23.1. The number of alkyl halides is 1. The van der Waals surface area contributed by atoms with Gasteiger partial charge >= 0.3 is 0 Å². The van der Waals surface area contributed by atoms with Crippen molar-refractivity contribution in [2.45, 2.75) is 13.0 Å². The van der Waals surface area contributed by atoms with Gasteiger partial charge in [0.2, 0.25) is 0 Å². The highest BCUT2D eigenvalue weighted by Crippen LogP contribution is 2.18. The van der Waals surface area contributed by atoms with E-state index in [1.807, 2.05) is 11.7 Å². The maximum atomic E-state index is 5.83. The molecule has 1 fully saturated rings. The molecule has 1 aromatic heterocycles. The maximum Gasteiger partial charge on any atom is 0.140 e. The first-order valence-corrected chi connectivity index (χ1v) is 5.44. The molecular weight excluding hydrogens is 200 g/mol. The molecule has 0 spiro atoms. The van der Waals surface area contributed by atoms with Gasteiger partial charge in [-0.1, -0.05) is 0 Å². The van der Waals surface area contributed by atoms with Crippen molar-refractivity contribution in [3.8, 4) is 0 Å². The molecule has 1 aromatic rings. The Balaban J connectivity index is 1.90. The van der Waals surface area contributed by atoms with Crippen LogP contribution in [-0.2, 0) is 13.6 Å². The van der Waals surface area contributed by atoms with Gasteiger partial charge in [-0.25, -0.2) is 4.98 Å². The second-order valence-electron chi connectivity index (χ2n) is 3.84. The number of rotatable bonds is 3. The van der Waals surface area contributed by atoms with Crippen molar-refractivity contribution in [3.05, 3.63) is 12.2 Å². The van der Waals surface area contributed by atoms with E-state index in [-0.39, 0.29) is 0 Å². The number of aryl methyl sites for hydroxylation is 1. The van der Waals surface area contributed by atoms with Crippen molar-refractivity contribution in [2.24, 2.45) is 13.0 Å². The topological polar surface area (TPSA) is 34.0 Å². The molecule has 14 heavy (non-hydrogen) atoms. The third-order valence-electron chi connectivity index (χ3n) is 2.76. The third kappa shape index (κ3) is 2.07. The van der Waals surface area contributed by atoms with Crippen LogP contribution >= 0.6 is 11.6 Å². The van der Waals surface area contributed by atoms with Crippen molar-refractivity contribution in [3.63, 3.8) is 0 Å². The molecule has 1 saturated heterocycles. The van der Waals surface area contributed by atoms with E-state index in [9.17, 15) is 0 Å². The summed E-state index contributed by atoms with van der Waals surface area (Å²) in [6.45, 7) is 3.12. The molecule has 2 heterocycles. The number of likely N-dealkylation sites (tertiary alicyclic amines) is 1. The van der Waals surface area contributed by atoms with Gasteiger partial charge in [-0.05, 0) is 18.9 Å². The fourth-order valence-corrected chi connectivity index (χ4v) is 2.10. The second kappa shape index (κ2) is 4.28. The van der Waals surface area contributed by atoms with Gasteiger partial charge in [-0.3, -0.25) is 9.58 Å². The summed E-state index contributed by atoms with van der Waals surface area (Å²) in [6, 6.07) is 0. The van der Waals surface area contributed by atoms with E-state index in [4.69, 9.17) is 11.6 Å². The molecule has 0 saturated carbocycles. The monoisotopic (exact) mass is 214 g/mol. The van der Waals surface area contributed by atoms with Crippen LogP contribution in [-0.4, -0.2) is 38.6 Å². The minimum Gasteiger partial charge on any atom is -0.296 e. The Morgan fingerprint density at radius 2 is 2.50 bits per heavy atom. The smallest absolute Gasteiger partial charge is 0.140 e. The minimum absolute atomic E-state index is 0.657. The average Bonchev–Trinajstić information content (AvgIpc) is 2.77. The lowest BCUT2D eigenvalue weighted by atomic mass is 10.2. The molecule has 1 aliphatic rings. The summed E-state index contributed by atoms with van der Waals surface area (Å²) in [7, 11) is 1.93. The van der Waals surface area contributed by atoms with Crippen LogP contribution < -0.4 is 0 Å². The Labute approximate surface area is 88.9 Å². The zero-order valence-electron chi connectivity index (χ0n) is 8.36. The van der Waals surface area contributed by atoms with Crippen molar-refractivity contribution in [1.82, 2.24) is 19.7 Å². The molecule has 1 aliphatic heterocycles. The highest BCUT2D eigenvalue weighted by Gasteiger charge is 2.22. The number of nitrogens with zero attached hydrogens (tertiary/aromatic N) is 4. The average molecular weight is 215 g/mol. The molecule has 0 bridgehead atoms. The predicted molar refractivity (Wildman–Crippen MR) is 55.1 cm³/mol. The van der Waals surface area contributed by atoms with Crippen molar-refractivity contribution >= 4 is 11.6 Å². The van der Waals surface area contributed by atoms with Crippen LogP contribution in [0.25, 0.3) is 0 Å². The summed E-state index contributed by atoms with van der Waals surface area (Å²) in [5.74, 6) is 2.46. The van der Waals surface area contributed by atoms with E-state index in [1.165, 1.54) is 6.42 Å². The van der Waals surface area contributed by atoms with Crippen molar-refractivity contribution < 1.29 is 0 Å². The first kappa shape index (κ1) is 9.93. The quantitative estimate of drug-likeness (QED) is 0.701. The SMILES string of the molecule is Cn1ncnc1CN1CCC(CCl)C1. The Bertz CT molecular complexity index is 299. The summed E-state index contributed by atoms with van der Waals surface area (Å²) in [4.78, 5) is 6.59. The Morgan fingerprint density at radius 1 is 1.64 bits per heavy atom. The molecule has 1 unspecified atom stereocenters. The fraction of sp³-hybridized carbons (Fsp3) is 0.778. The van der Waals surface area contributed by atoms with Crippen LogP contribution in [0.4, 0.5) is 0 Å². The molecule has 0 aromatic carbocycles. The minimum atomic E-state index is 0.657. The van der Waals surface area contributed by atoms with Gasteiger partial charge in [0.25, 0.3) is 0 Å². The lowest BCUT2D eigenvalue weighted by molar-refractivity contribution is 0.307. The summed E-state index contributed by atoms with van der Waals surface area (Å²) in [5.41, 5.74) is 0. The standard InChI is InChI=1S/C9H15ClN4/c1-13-9(11-7-12-13)6-14-3-2-8(4-10)5-14/h7-8H,2-6H2,1H3. The van der Waals surface area contributed by atoms with E-state index in [1.54, 1.807) is 6.33 Å². The van der Waals surface area contributed by atoms with Crippen LogP contribution in [0.5, 0.6) is 0 Å². The Morgan fingerprint density at radius 3 is 3.07 bits per heavy atom. The molecule has 0 N–H and O–H groups in total. The number of hydrogen-bond donors (Lipinski definition) is 0. The van der Waals surface area contributed by atoms with E-state index in [2.05, 4.69) is 15.0 Å². The number of aromatic nitrogens is 3. The fourth-order valence-electron chi connectivity index (χ4n) is 1.85. The maximum absolute atomic E-state index is 5.83. The highest BCUT2D eigenvalue weighted by atomic mass is 35.5. The molecule has 0 aliphatic carbocycles. The van der Waals surface area contributed by atoms with Crippen LogP contribution in [0.15, 0.2) is 6.33 Å². The zero-order chi connectivity index (χ0) is 9.97. The zero-order valence-corrected chi connectivity index (χ0v) is 9.11. The van der Waals surface area contributed by atoms with E-state index < -0.39 is 0 Å². The molecule has 4 nitrogen and oxygen atoms in total. The number of halogens is 1. The highest BCUT2D eigenvalue weighted by molar-refractivity contribution is 6.18. The number of hydrogen-bond acceptors (Lipinski definition) is 3. The summed E-state index contributed by atoms with van der Waals surface area (Å²) < 4.78 is 1.83. The van der Waals surface area contributed by atoms with Crippen LogP contribution in [0, 0.1) is 5.92 Å². The Kier molecular flexibility index (Phi) is 3.03. The van der Waals surface area contributed by atoms with Crippen LogP contribution in [0.1, 0.15) is 12.2 Å². The van der Waals surface area contributed by atoms with Gasteiger partial charge in [-0.15, -0.1) is 11.6 Å². The molecule has 5 heteroatoms. The molecule has 1 atom stereocenters. The lowest BCUT2D eigenvalue weighted by Crippen LogP contribution is -2.22. The van der Waals surface area contributed by atoms with Crippen molar-refractivity contribution in [1.29, 1.82) is 0 Å². The molecular formula is C9H15ClN4. The van der Waals surface area contributed by atoms with Gasteiger partial charge in [0.05, 0.1) is 6.54 Å². The molecule has 0 amide bonds. The largest absolute Gasteiger partial charge is 0.296 e. The predicted octanol–water partition coefficient (Wildman–Crippen LogP) is 0.876. The van der Waals surface area contributed by atoms with E-state index in [0.717, 1.165) is 31.3 Å². The summed E-state index contributed by atoms with van der Waals surface area (Å²) in [6.07, 6.45) is 2.81. The van der Waals surface area contributed by atoms with Crippen LogP contribution in [0.2, 0.25) is 0 Å². The van der Waals surface area contributed by atoms with Gasteiger partial charge in [0, 0.05) is 19.5 Å².